The molecule has 1 rings (SSSR count). The Morgan fingerprint density at radius 1 is 1.45 bits per heavy atom. The van der Waals surface area contributed by atoms with Crippen LogP contribution < -0.4 is 5.73 Å². The van der Waals surface area contributed by atoms with Gasteiger partial charge in [0.25, 0.3) is 0 Å². The van der Waals surface area contributed by atoms with Gasteiger partial charge in [-0.3, -0.25) is 4.99 Å². The molecule has 2 N–H and O–H groups in total. The Labute approximate surface area is 66.8 Å². The summed E-state index contributed by atoms with van der Waals surface area (Å²) in [6.07, 6.45) is 10.1. The van der Waals surface area contributed by atoms with Crippen LogP contribution in [0.15, 0.2) is 40.7 Å². The second kappa shape index (κ2) is 3.76. The van der Waals surface area contributed by atoms with Gasteiger partial charge in [-0.25, -0.2) is 0 Å². The summed E-state index contributed by atoms with van der Waals surface area (Å²) < 4.78 is 0. The second-order valence-corrected chi connectivity index (χ2v) is 2.31. The molecule has 0 aliphatic carbocycles. The first kappa shape index (κ1) is 7.79. The molecule has 1 heterocycles. The molecule has 0 fully saturated rings. The Balaban J connectivity index is 2.92. The van der Waals surface area contributed by atoms with Gasteiger partial charge in [-0.1, -0.05) is 6.92 Å². The summed E-state index contributed by atoms with van der Waals surface area (Å²) in [4.78, 5) is 3.98. The first-order valence-electron chi connectivity index (χ1n) is 3.69. The monoisotopic (exact) mass is 148 g/mol. The van der Waals surface area contributed by atoms with Crippen molar-refractivity contribution in [3.8, 4) is 0 Å². The van der Waals surface area contributed by atoms with Crippen LogP contribution in [0.4, 0.5) is 0 Å². The van der Waals surface area contributed by atoms with Gasteiger partial charge < -0.3 is 5.73 Å². The van der Waals surface area contributed by atoms with Crippen LogP contribution in [0, 0.1) is 0 Å². The first-order chi connectivity index (χ1) is 5.34. The van der Waals surface area contributed by atoms with Crippen molar-refractivity contribution in [3.05, 3.63) is 35.7 Å². The van der Waals surface area contributed by atoms with Gasteiger partial charge in [0.1, 0.15) is 0 Å². The molecule has 1 aliphatic heterocycles. The van der Waals surface area contributed by atoms with Crippen LogP contribution in [0.25, 0.3) is 0 Å². The molecule has 0 bridgehead atoms. The summed E-state index contributed by atoms with van der Waals surface area (Å²) in [6, 6.07) is 0. The number of rotatable bonds is 1. The van der Waals surface area contributed by atoms with Gasteiger partial charge in [0, 0.05) is 18.1 Å². The predicted octanol–water partition coefficient (Wildman–Crippen LogP) is 1.76. The van der Waals surface area contributed by atoms with Gasteiger partial charge in [-0.05, 0) is 30.2 Å². The molecule has 0 saturated heterocycles. The van der Waals surface area contributed by atoms with Crippen molar-refractivity contribution in [3.63, 3.8) is 0 Å². The highest BCUT2D eigenvalue weighted by Gasteiger charge is 1.93. The molecule has 0 aromatic heterocycles. The van der Waals surface area contributed by atoms with Crippen molar-refractivity contribution in [2.75, 3.05) is 0 Å². The average Bonchev–Trinajstić information content (AvgIpc) is 1.98. The number of aliphatic imine (C=N–C) groups is 1. The maximum Gasteiger partial charge on any atom is 0.0347 e. The number of allylic oxidation sites excluding steroid dienone is 4. The minimum atomic E-state index is 0.829. The van der Waals surface area contributed by atoms with Crippen molar-refractivity contribution in [2.24, 2.45) is 10.7 Å². The summed E-state index contributed by atoms with van der Waals surface area (Å²) in [5.74, 6) is 0. The molecule has 11 heavy (non-hydrogen) atoms. The number of nitrogens with two attached hydrogens (primary N) is 1. The van der Waals surface area contributed by atoms with E-state index in [-0.39, 0.29) is 0 Å². The molecule has 0 aromatic carbocycles. The summed E-state index contributed by atoms with van der Waals surface area (Å²) in [7, 11) is 0. The Kier molecular flexibility index (Phi) is 2.66. The minimum Gasteiger partial charge on any atom is -0.399 e. The lowest BCUT2D eigenvalue weighted by atomic mass is 10.1. The maximum absolute atomic E-state index is 5.74. The van der Waals surface area contributed by atoms with Gasteiger partial charge in [-0.15, -0.1) is 0 Å². The SMILES string of the molecule is CCC1=C(N)/C=C\C=NC=C1. The molecular weight excluding hydrogens is 136 g/mol. The van der Waals surface area contributed by atoms with Crippen LogP contribution in [0.5, 0.6) is 0 Å². The molecule has 0 radical (unpaired) electrons. The summed E-state index contributed by atoms with van der Waals surface area (Å²) in [5.41, 5.74) is 7.70. The normalized spacial score (nSPS) is 19.7. The fourth-order valence-corrected chi connectivity index (χ4v) is 0.904. The third-order valence-electron chi connectivity index (χ3n) is 1.56. The van der Waals surface area contributed by atoms with Gasteiger partial charge >= 0.3 is 0 Å². The Morgan fingerprint density at radius 3 is 3.00 bits per heavy atom. The van der Waals surface area contributed by atoms with Gasteiger partial charge in [0.2, 0.25) is 0 Å². The lowest BCUT2D eigenvalue weighted by Crippen LogP contribution is -1.98. The molecule has 0 amide bonds. The van der Waals surface area contributed by atoms with Gasteiger partial charge in [0.15, 0.2) is 0 Å². The first-order valence-corrected chi connectivity index (χ1v) is 3.69. The van der Waals surface area contributed by atoms with Gasteiger partial charge in [0.05, 0.1) is 0 Å². The summed E-state index contributed by atoms with van der Waals surface area (Å²) in [5, 5.41) is 0. The van der Waals surface area contributed by atoms with E-state index in [2.05, 4.69) is 11.9 Å². The van der Waals surface area contributed by atoms with E-state index >= 15 is 0 Å². The van der Waals surface area contributed by atoms with E-state index in [9.17, 15) is 0 Å². The molecule has 0 unspecified atom stereocenters. The predicted molar refractivity (Wildman–Crippen MR) is 48.3 cm³/mol. The van der Waals surface area contributed by atoms with Crippen molar-refractivity contribution in [1.29, 1.82) is 0 Å². The van der Waals surface area contributed by atoms with Crippen molar-refractivity contribution >= 4 is 6.21 Å². The van der Waals surface area contributed by atoms with Crippen LogP contribution in [-0.2, 0) is 0 Å². The molecule has 2 heteroatoms. The number of hydrogen-bond acceptors (Lipinski definition) is 2. The number of hydrogen-bond donors (Lipinski definition) is 1. The van der Waals surface area contributed by atoms with Crippen LogP contribution in [-0.4, -0.2) is 6.21 Å². The van der Waals surface area contributed by atoms with E-state index in [4.69, 9.17) is 5.73 Å². The average molecular weight is 148 g/mol. The third kappa shape index (κ3) is 2.08. The molecule has 0 spiro atoms. The lowest BCUT2D eigenvalue weighted by molar-refractivity contribution is 1.11. The molecular formula is C9H12N2. The Hall–Kier alpha value is -1.31. The van der Waals surface area contributed by atoms with E-state index in [0.717, 1.165) is 17.7 Å². The number of nitrogens with zero attached hydrogens (tertiary/aromatic N) is 1. The van der Waals surface area contributed by atoms with Crippen molar-refractivity contribution in [2.45, 2.75) is 13.3 Å². The summed E-state index contributed by atoms with van der Waals surface area (Å²) >= 11 is 0. The van der Waals surface area contributed by atoms with Crippen LogP contribution in [0.3, 0.4) is 0 Å². The second-order valence-electron chi connectivity index (χ2n) is 2.31. The molecule has 1 aliphatic rings. The van der Waals surface area contributed by atoms with Crippen LogP contribution in [0.1, 0.15) is 13.3 Å². The third-order valence-corrected chi connectivity index (χ3v) is 1.56. The van der Waals surface area contributed by atoms with Gasteiger partial charge in [-0.2, -0.15) is 0 Å². The van der Waals surface area contributed by atoms with E-state index in [0.29, 0.717) is 0 Å². The maximum atomic E-state index is 5.74. The molecule has 0 atom stereocenters. The van der Waals surface area contributed by atoms with Crippen LogP contribution in [0.2, 0.25) is 0 Å². The Morgan fingerprint density at radius 2 is 2.27 bits per heavy atom. The minimum absolute atomic E-state index is 0.829. The van der Waals surface area contributed by atoms with Crippen LogP contribution >= 0.6 is 0 Å². The highest BCUT2D eigenvalue weighted by Crippen LogP contribution is 2.08. The van der Waals surface area contributed by atoms with Crippen molar-refractivity contribution < 1.29 is 0 Å². The molecule has 2 nitrogen and oxygen atoms in total. The highest BCUT2D eigenvalue weighted by atomic mass is 14.7. The quantitative estimate of drug-likeness (QED) is 0.604. The molecule has 58 valence electrons. The zero-order valence-corrected chi connectivity index (χ0v) is 6.62. The highest BCUT2D eigenvalue weighted by molar-refractivity contribution is 5.73. The standard InChI is InChI=1S/C9H12N2/c1-2-8-5-7-11-6-3-4-9(8)10/h3-7H,2,10H2,1H3/b4-3-,6-3?,7-5?,8-5?,9-4?,9-8?,11-6?,11-7?. The fraction of sp³-hybridized carbons (Fsp3) is 0.222. The van der Waals surface area contributed by atoms with E-state index in [1.54, 1.807) is 12.4 Å². The fourth-order valence-electron chi connectivity index (χ4n) is 0.904. The zero-order valence-electron chi connectivity index (χ0n) is 6.62. The zero-order chi connectivity index (χ0) is 8.10. The van der Waals surface area contributed by atoms with E-state index in [1.807, 2.05) is 18.2 Å². The lowest BCUT2D eigenvalue weighted by Gasteiger charge is -2.01. The smallest absolute Gasteiger partial charge is 0.0347 e. The molecule has 0 aromatic rings. The van der Waals surface area contributed by atoms with E-state index < -0.39 is 0 Å². The van der Waals surface area contributed by atoms with Crippen molar-refractivity contribution in [1.82, 2.24) is 0 Å². The molecule has 0 saturated carbocycles. The van der Waals surface area contributed by atoms with E-state index in [1.165, 1.54) is 0 Å². The summed E-state index contributed by atoms with van der Waals surface area (Å²) in [6.45, 7) is 2.08. The largest absolute Gasteiger partial charge is 0.399 e. The Bertz CT molecular complexity index is 244. The topological polar surface area (TPSA) is 38.4 Å².